The number of hydrogen-bond acceptors (Lipinski definition) is 5. The van der Waals surface area contributed by atoms with Gasteiger partial charge >= 0.3 is 0 Å². The minimum Gasteiger partial charge on any atom is -0.370 e. The molecular formula is C19H27N5. The first-order chi connectivity index (χ1) is 11.8. The van der Waals surface area contributed by atoms with Crippen LogP contribution in [0, 0.1) is 0 Å². The Morgan fingerprint density at radius 1 is 1.21 bits per heavy atom. The maximum atomic E-state index is 5.92. The van der Waals surface area contributed by atoms with Crippen molar-refractivity contribution in [1.29, 1.82) is 0 Å². The quantitative estimate of drug-likeness (QED) is 0.766. The molecule has 0 saturated carbocycles. The van der Waals surface area contributed by atoms with Crippen molar-refractivity contribution in [3.63, 3.8) is 0 Å². The zero-order valence-electron chi connectivity index (χ0n) is 14.5. The van der Waals surface area contributed by atoms with Crippen molar-refractivity contribution < 1.29 is 0 Å². The Bertz CT molecular complexity index is 656. The summed E-state index contributed by atoms with van der Waals surface area (Å²) in [5.74, 6) is 1.31. The molecule has 0 bridgehead atoms. The highest BCUT2D eigenvalue weighted by atomic mass is 15.2. The highest BCUT2D eigenvalue weighted by Gasteiger charge is 2.21. The number of fused-ring (bicyclic) bond motifs is 1. The molecule has 0 radical (unpaired) electrons. The molecule has 0 atom stereocenters. The van der Waals surface area contributed by atoms with Crippen LogP contribution >= 0.6 is 0 Å². The van der Waals surface area contributed by atoms with Gasteiger partial charge in [0, 0.05) is 31.7 Å². The molecule has 1 aliphatic heterocycles. The lowest BCUT2D eigenvalue weighted by Gasteiger charge is -2.29. The summed E-state index contributed by atoms with van der Waals surface area (Å²) in [5, 5.41) is 3.44. The Morgan fingerprint density at radius 2 is 2.04 bits per heavy atom. The van der Waals surface area contributed by atoms with Crippen LogP contribution in [0.15, 0.2) is 30.3 Å². The average molecular weight is 325 g/mol. The second kappa shape index (κ2) is 8.11. The van der Waals surface area contributed by atoms with Crippen LogP contribution in [0.2, 0.25) is 0 Å². The van der Waals surface area contributed by atoms with Gasteiger partial charge in [0.25, 0.3) is 0 Å². The summed E-state index contributed by atoms with van der Waals surface area (Å²) in [4.78, 5) is 11.4. The zero-order chi connectivity index (χ0) is 16.8. The van der Waals surface area contributed by atoms with Gasteiger partial charge in [0.05, 0.1) is 5.69 Å². The van der Waals surface area contributed by atoms with Crippen LogP contribution in [0.4, 0.5) is 11.8 Å². The third-order valence-electron chi connectivity index (χ3n) is 4.54. The summed E-state index contributed by atoms with van der Waals surface area (Å²) in [7, 11) is 0. The second-order valence-corrected chi connectivity index (χ2v) is 6.40. The molecule has 2 heterocycles. The van der Waals surface area contributed by atoms with E-state index < -0.39 is 0 Å². The number of anilines is 2. The predicted molar refractivity (Wildman–Crippen MR) is 99.0 cm³/mol. The first-order valence-corrected chi connectivity index (χ1v) is 8.91. The monoisotopic (exact) mass is 325 g/mol. The van der Waals surface area contributed by atoms with Gasteiger partial charge in [-0.15, -0.1) is 0 Å². The molecule has 1 aromatic heterocycles. The molecule has 5 heteroatoms. The van der Waals surface area contributed by atoms with E-state index in [0.717, 1.165) is 57.0 Å². The summed E-state index contributed by atoms with van der Waals surface area (Å²) in [6, 6.07) is 10.6. The highest BCUT2D eigenvalue weighted by Crippen LogP contribution is 2.24. The van der Waals surface area contributed by atoms with Crippen molar-refractivity contribution in [1.82, 2.24) is 14.9 Å². The second-order valence-electron chi connectivity index (χ2n) is 6.40. The van der Waals surface area contributed by atoms with E-state index in [1.54, 1.807) is 0 Å². The average Bonchev–Trinajstić information content (AvgIpc) is 2.60. The molecule has 0 spiro atoms. The van der Waals surface area contributed by atoms with E-state index in [9.17, 15) is 0 Å². The van der Waals surface area contributed by atoms with E-state index in [4.69, 9.17) is 5.73 Å². The van der Waals surface area contributed by atoms with Crippen LogP contribution < -0.4 is 11.1 Å². The van der Waals surface area contributed by atoms with Crippen LogP contribution in [0.25, 0.3) is 0 Å². The summed E-state index contributed by atoms with van der Waals surface area (Å²) < 4.78 is 0. The molecular weight excluding hydrogens is 298 g/mol. The molecule has 3 rings (SSSR count). The smallest absolute Gasteiger partial charge is 0.222 e. The molecule has 5 nitrogen and oxygen atoms in total. The van der Waals surface area contributed by atoms with Gasteiger partial charge in [0.1, 0.15) is 5.82 Å². The molecule has 2 aromatic rings. The van der Waals surface area contributed by atoms with Crippen molar-refractivity contribution >= 4 is 11.8 Å². The van der Waals surface area contributed by atoms with Crippen LogP contribution in [-0.4, -0.2) is 34.5 Å². The van der Waals surface area contributed by atoms with Gasteiger partial charge in [0.15, 0.2) is 0 Å². The molecule has 0 saturated heterocycles. The Balaban J connectivity index is 1.64. The van der Waals surface area contributed by atoms with Crippen LogP contribution in [0.1, 0.15) is 36.6 Å². The Hall–Kier alpha value is -2.14. The predicted octanol–water partition coefficient (Wildman–Crippen LogP) is 2.87. The van der Waals surface area contributed by atoms with Crippen LogP contribution in [0.3, 0.4) is 0 Å². The molecule has 24 heavy (non-hydrogen) atoms. The molecule has 1 aromatic carbocycles. The van der Waals surface area contributed by atoms with Crippen molar-refractivity contribution in [2.75, 3.05) is 30.7 Å². The molecule has 0 unspecified atom stereocenters. The molecule has 3 N–H and O–H groups in total. The van der Waals surface area contributed by atoms with E-state index in [1.165, 1.54) is 17.5 Å². The number of hydrogen-bond donors (Lipinski definition) is 2. The largest absolute Gasteiger partial charge is 0.370 e. The van der Waals surface area contributed by atoms with Gasteiger partial charge in [-0.2, -0.15) is 4.98 Å². The number of nitrogens with one attached hydrogen (secondary N) is 1. The summed E-state index contributed by atoms with van der Waals surface area (Å²) >= 11 is 0. The normalized spacial score (nSPS) is 14.4. The topological polar surface area (TPSA) is 67.1 Å². The maximum absolute atomic E-state index is 5.92. The minimum absolute atomic E-state index is 0.373. The Morgan fingerprint density at radius 3 is 2.83 bits per heavy atom. The lowest BCUT2D eigenvalue weighted by molar-refractivity contribution is 0.253. The number of unbranched alkanes of at least 4 members (excludes halogenated alkanes) is 1. The van der Waals surface area contributed by atoms with Crippen molar-refractivity contribution in [2.45, 2.75) is 39.2 Å². The standard InChI is InChI=1S/C19H27N5/c1-2-3-11-21-18-16-10-13-24(14-17(16)22-19(20)23-18)12-9-15-7-5-4-6-8-15/h4-8H,2-3,9-14H2,1H3,(H3,20,21,22,23). The minimum atomic E-state index is 0.373. The van der Waals surface area contributed by atoms with E-state index in [-0.39, 0.29) is 0 Å². The van der Waals surface area contributed by atoms with E-state index >= 15 is 0 Å². The van der Waals surface area contributed by atoms with Crippen molar-refractivity contribution in [3.05, 3.63) is 47.2 Å². The van der Waals surface area contributed by atoms with Crippen LogP contribution in [0.5, 0.6) is 0 Å². The highest BCUT2D eigenvalue weighted by molar-refractivity contribution is 5.50. The van der Waals surface area contributed by atoms with Gasteiger partial charge in [-0.3, -0.25) is 4.90 Å². The first kappa shape index (κ1) is 16.7. The van der Waals surface area contributed by atoms with Gasteiger partial charge < -0.3 is 11.1 Å². The van der Waals surface area contributed by atoms with Crippen molar-refractivity contribution in [3.8, 4) is 0 Å². The van der Waals surface area contributed by atoms with E-state index in [2.05, 4.69) is 57.4 Å². The van der Waals surface area contributed by atoms with Gasteiger partial charge in [-0.05, 0) is 24.8 Å². The van der Waals surface area contributed by atoms with E-state index in [0.29, 0.717) is 5.95 Å². The van der Waals surface area contributed by atoms with Gasteiger partial charge in [-0.1, -0.05) is 43.7 Å². The van der Waals surface area contributed by atoms with Crippen molar-refractivity contribution in [2.24, 2.45) is 0 Å². The lowest BCUT2D eigenvalue weighted by atomic mass is 10.0. The summed E-state index contributed by atoms with van der Waals surface area (Å²) in [5.41, 5.74) is 9.63. The Kier molecular flexibility index (Phi) is 5.64. The third kappa shape index (κ3) is 4.23. The maximum Gasteiger partial charge on any atom is 0.222 e. The fourth-order valence-corrected chi connectivity index (χ4v) is 3.16. The number of nitrogens with zero attached hydrogens (tertiary/aromatic N) is 3. The van der Waals surface area contributed by atoms with Gasteiger partial charge in [-0.25, -0.2) is 4.98 Å². The van der Waals surface area contributed by atoms with Gasteiger partial charge in [0.2, 0.25) is 5.95 Å². The number of rotatable bonds is 7. The summed E-state index contributed by atoms with van der Waals surface area (Å²) in [6.45, 7) is 6.09. The molecule has 1 aliphatic rings. The van der Waals surface area contributed by atoms with E-state index in [1.807, 2.05) is 0 Å². The molecule has 128 valence electrons. The number of nitrogens with two attached hydrogens (primary N) is 1. The van der Waals surface area contributed by atoms with Crippen LogP contribution in [-0.2, 0) is 19.4 Å². The fraction of sp³-hybridized carbons (Fsp3) is 0.474. The molecule has 0 amide bonds. The molecule has 0 aliphatic carbocycles. The third-order valence-corrected chi connectivity index (χ3v) is 4.54. The zero-order valence-corrected chi connectivity index (χ0v) is 14.5. The lowest BCUT2D eigenvalue weighted by Crippen LogP contribution is -2.34. The number of aromatic nitrogens is 2. The summed E-state index contributed by atoms with van der Waals surface area (Å²) in [6.07, 6.45) is 4.36. The SMILES string of the molecule is CCCCNc1nc(N)nc2c1CCN(CCc1ccccc1)C2. The first-order valence-electron chi connectivity index (χ1n) is 8.91. The Labute approximate surface area is 144 Å². The number of nitrogen functional groups attached to an aromatic ring is 1. The number of benzene rings is 1. The molecule has 0 fully saturated rings. The fourth-order valence-electron chi connectivity index (χ4n) is 3.16.